The number of hydrogen-bond donors (Lipinski definition) is 1. The number of thioether (sulfide) groups is 1. The molecule has 0 radical (unpaired) electrons. The minimum absolute atomic E-state index is 0.0937. The Bertz CT molecular complexity index is 1070. The molecule has 0 atom stereocenters. The fourth-order valence-corrected chi connectivity index (χ4v) is 4.33. The van der Waals surface area contributed by atoms with Gasteiger partial charge in [-0.1, -0.05) is 37.3 Å². The Morgan fingerprint density at radius 2 is 1.88 bits per heavy atom. The third-order valence-electron chi connectivity index (χ3n) is 5.62. The fourth-order valence-electron chi connectivity index (χ4n) is 3.92. The summed E-state index contributed by atoms with van der Waals surface area (Å²) < 4.78 is 0. The van der Waals surface area contributed by atoms with E-state index in [9.17, 15) is 4.79 Å². The summed E-state index contributed by atoms with van der Waals surface area (Å²) >= 11 is 1.68. The van der Waals surface area contributed by atoms with Crippen LogP contribution in [0.4, 0.5) is 16.3 Å². The molecule has 0 bridgehead atoms. The third-order valence-corrected chi connectivity index (χ3v) is 6.36. The second-order valence-electron chi connectivity index (χ2n) is 7.91. The van der Waals surface area contributed by atoms with Crippen LogP contribution < -0.4 is 10.2 Å². The second-order valence-corrected chi connectivity index (χ2v) is 8.79. The lowest BCUT2D eigenvalue weighted by Gasteiger charge is -2.32. The van der Waals surface area contributed by atoms with Crippen LogP contribution in [0.3, 0.4) is 0 Å². The number of fused-ring (bicyclic) bond motifs is 1. The smallest absolute Gasteiger partial charge is 0.322 e. The Labute approximate surface area is 194 Å². The van der Waals surface area contributed by atoms with E-state index in [0.717, 1.165) is 47.1 Å². The van der Waals surface area contributed by atoms with Gasteiger partial charge < -0.3 is 15.1 Å². The standard InChI is InChI=1S/C25H29N5OS/c1-4-15-29(2)24-21-17-30(25(31)26-19-10-12-20(32-3)13-11-19)16-14-22(21)27-23(28-24)18-8-6-5-7-9-18/h5-13H,4,14-17H2,1-3H3,(H,26,31). The normalized spacial score (nSPS) is 12.9. The van der Waals surface area contributed by atoms with Gasteiger partial charge in [0.2, 0.25) is 0 Å². The predicted octanol–water partition coefficient (Wildman–Crippen LogP) is 5.30. The highest BCUT2D eigenvalue weighted by Crippen LogP contribution is 2.29. The van der Waals surface area contributed by atoms with Gasteiger partial charge in [0, 0.05) is 48.3 Å². The summed E-state index contributed by atoms with van der Waals surface area (Å²) in [6.07, 6.45) is 3.77. The predicted molar refractivity (Wildman–Crippen MR) is 132 cm³/mol. The van der Waals surface area contributed by atoms with Crippen LogP contribution in [0.15, 0.2) is 59.5 Å². The molecule has 1 aliphatic heterocycles. The van der Waals surface area contributed by atoms with Crippen LogP contribution in [0.2, 0.25) is 0 Å². The van der Waals surface area contributed by atoms with E-state index in [1.54, 1.807) is 11.8 Å². The SMILES string of the molecule is CCCN(C)c1nc(-c2ccccc2)nc2c1CN(C(=O)Nc1ccc(SC)cc1)CC2. The van der Waals surface area contributed by atoms with E-state index in [2.05, 4.69) is 24.2 Å². The van der Waals surface area contributed by atoms with Gasteiger partial charge in [-0.05, 0) is 36.9 Å². The summed E-state index contributed by atoms with van der Waals surface area (Å²) in [6, 6.07) is 17.9. The molecule has 0 spiro atoms. The van der Waals surface area contributed by atoms with Crippen LogP contribution in [-0.4, -0.2) is 47.3 Å². The Kier molecular flexibility index (Phi) is 6.95. The zero-order valence-corrected chi connectivity index (χ0v) is 19.7. The maximum Gasteiger partial charge on any atom is 0.322 e. The largest absolute Gasteiger partial charge is 0.359 e. The number of anilines is 2. The van der Waals surface area contributed by atoms with Gasteiger partial charge in [0.25, 0.3) is 0 Å². The lowest BCUT2D eigenvalue weighted by Crippen LogP contribution is -2.40. The molecule has 4 rings (SSSR count). The van der Waals surface area contributed by atoms with Gasteiger partial charge in [-0.25, -0.2) is 14.8 Å². The van der Waals surface area contributed by atoms with Crippen molar-refractivity contribution in [3.8, 4) is 11.4 Å². The van der Waals surface area contributed by atoms with E-state index in [4.69, 9.17) is 9.97 Å². The molecule has 6 nitrogen and oxygen atoms in total. The minimum atomic E-state index is -0.0937. The Balaban J connectivity index is 1.60. The van der Waals surface area contributed by atoms with Crippen LogP contribution in [0.1, 0.15) is 24.6 Å². The van der Waals surface area contributed by atoms with E-state index >= 15 is 0 Å². The quantitative estimate of drug-likeness (QED) is 0.520. The highest BCUT2D eigenvalue weighted by atomic mass is 32.2. The van der Waals surface area contributed by atoms with Crippen molar-refractivity contribution in [1.82, 2.24) is 14.9 Å². The summed E-state index contributed by atoms with van der Waals surface area (Å²) in [5, 5.41) is 3.03. The Hall–Kier alpha value is -3.06. The van der Waals surface area contributed by atoms with Crippen LogP contribution in [0.5, 0.6) is 0 Å². The summed E-state index contributed by atoms with van der Waals surface area (Å²) in [7, 11) is 2.06. The molecule has 1 aliphatic rings. The first kappa shape index (κ1) is 22.1. The molecule has 2 amide bonds. The van der Waals surface area contributed by atoms with Gasteiger partial charge in [0.05, 0.1) is 12.2 Å². The van der Waals surface area contributed by atoms with Gasteiger partial charge >= 0.3 is 6.03 Å². The highest BCUT2D eigenvalue weighted by molar-refractivity contribution is 7.98. The molecule has 0 fully saturated rings. The van der Waals surface area contributed by atoms with Gasteiger partial charge in [-0.3, -0.25) is 0 Å². The van der Waals surface area contributed by atoms with Crippen LogP contribution in [-0.2, 0) is 13.0 Å². The number of carbonyl (C=O) groups is 1. The number of rotatable bonds is 6. The topological polar surface area (TPSA) is 61.4 Å². The molecule has 1 N–H and O–H groups in total. The van der Waals surface area contributed by atoms with Crippen molar-refractivity contribution in [3.63, 3.8) is 0 Å². The summed E-state index contributed by atoms with van der Waals surface area (Å²) in [6.45, 7) is 4.18. The second kappa shape index (κ2) is 10.0. The van der Waals surface area contributed by atoms with Gasteiger partial charge in [-0.15, -0.1) is 11.8 Å². The number of amides is 2. The molecule has 0 aliphatic carbocycles. The van der Waals surface area contributed by atoms with E-state index in [1.165, 1.54) is 4.90 Å². The average molecular weight is 448 g/mol. The molecular weight excluding hydrogens is 418 g/mol. The number of nitrogens with zero attached hydrogens (tertiary/aromatic N) is 4. The first-order valence-corrected chi connectivity index (χ1v) is 12.2. The molecule has 0 unspecified atom stereocenters. The van der Waals surface area contributed by atoms with E-state index in [-0.39, 0.29) is 6.03 Å². The van der Waals surface area contributed by atoms with Crippen molar-refractivity contribution in [2.24, 2.45) is 0 Å². The molecule has 1 aromatic heterocycles. The zero-order valence-electron chi connectivity index (χ0n) is 18.8. The highest BCUT2D eigenvalue weighted by Gasteiger charge is 2.27. The number of aromatic nitrogens is 2. The molecular formula is C25H29N5OS. The molecule has 0 saturated heterocycles. The molecule has 2 aromatic carbocycles. The fraction of sp³-hybridized carbons (Fsp3) is 0.320. The van der Waals surface area contributed by atoms with Crippen molar-refractivity contribution in [3.05, 3.63) is 65.9 Å². The maximum absolute atomic E-state index is 13.0. The zero-order chi connectivity index (χ0) is 22.5. The van der Waals surface area contributed by atoms with Crippen molar-refractivity contribution in [1.29, 1.82) is 0 Å². The van der Waals surface area contributed by atoms with Gasteiger partial charge in [0.1, 0.15) is 5.82 Å². The van der Waals surface area contributed by atoms with Crippen LogP contribution in [0, 0.1) is 0 Å². The Morgan fingerprint density at radius 1 is 1.12 bits per heavy atom. The van der Waals surface area contributed by atoms with Crippen LogP contribution in [0.25, 0.3) is 11.4 Å². The van der Waals surface area contributed by atoms with Crippen molar-refractivity contribution in [2.75, 3.05) is 36.6 Å². The lowest BCUT2D eigenvalue weighted by molar-refractivity contribution is 0.206. The maximum atomic E-state index is 13.0. The molecule has 0 saturated carbocycles. The van der Waals surface area contributed by atoms with E-state index in [0.29, 0.717) is 19.5 Å². The molecule has 2 heterocycles. The number of carbonyl (C=O) groups excluding carboxylic acids is 1. The monoisotopic (exact) mass is 447 g/mol. The molecule has 166 valence electrons. The number of nitrogens with one attached hydrogen (secondary N) is 1. The van der Waals surface area contributed by atoms with Crippen molar-refractivity contribution >= 4 is 29.3 Å². The van der Waals surface area contributed by atoms with Gasteiger partial charge in [-0.2, -0.15) is 0 Å². The van der Waals surface area contributed by atoms with Crippen molar-refractivity contribution < 1.29 is 4.79 Å². The first-order chi connectivity index (χ1) is 15.6. The Morgan fingerprint density at radius 3 is 2.56 bits per heavy atom. The van der Waals surface area contributed by atoms with Crippen molar-refractivity contribution in [2.45, 2.75) is 31.2 Å². The summed E-state index contributed by atoms with van der Waals surface area (Å²) in [4.78, 5) is 28.0. The van der Waals surface area contributed by atoms with Crippen LogP contribution >= 0.6 is 11.8 Å². The number of hydrogen-bond acceptors (Lipinski definition) is 5. The minimum Gasteiger partial charge on any atom is -0.359 e. The van der Waals surface area contributed by atoms with E-state index in [1.807, 2.05) is 65.8 Å². The summed E-state index contributed by atoms with van der Waals surface area (Å²) in [5.41, 5.74) is 3.89. The molecule has 3 aromatic rings. The average Bonchev–Trinajstić information content (AvgIpc) is 2.84. The molecule has 7 heteroatoms. The lowest BCUT2D eigenvalue weighted by atomic mass is 10.0. The number of urea groups is 1. The van der Waals surface area contributed by atoms with E-state index < -0.39 is 0 Å². The number of benzene rings is 2. The third kappa shape index (κ3) is 4.88. The summed E-state index contributed by atoms with van der Waals surface area (Å²) in [5.74, 6) is 1.66. The van der Waals surface area contributed by atoms with Gasteiger partial charge in [0.15, 0.2) is 5.82 Å². The molecule has 32 heavy (non-hydrogen) atoms. The first-order valence-electron chi connectivity index (χ1n) is 11.0.